The Kier molecular flexibility index (Phi) is 6.44. The van der Waals surface area contributed by atoms with Gasteiger partial charge in [0, 0.05) is 13.2 Å². The standard InChI is InChI=1S/C25H35NO3Si/c1-24(2,3)29-23(27)26-19-20(26)17-18-28-30(25(4,5)6,21-13-9-7-10-14-21)22-15-11-8-12-16-22/h7-16,20H,17-19H2,1-6H3/t20-,26?/m0/s1. The number of hydrogen-bond acceptors (Lipinski definition) is 3. The lowest BCUT2D eigenvalue weighted by molar-refractivity contribution is 0.0403. The molecule has 0 spiro atoms. The number of hydrogen-bond donors (Lipinski definition) is 0. The summed E-state index contributed by atoms with van der Waals surface area (Å²) in [6.07, 6.45) is 0.599. The van der Waals surface area contributed by atoms with Crippen molar-refractivity contribution >= 4 is 24.8 Å². The van der Waals surface area contributed by atoms with E-state index in [-0.39, 0.29) is 17.2 Å². The van der Waals surface area contributed by atoms with Crippen LogP contribution in [0.15, 0.2) is 60.7 Å². The van der Waals surface area contributed by atoms with E-state index in [1.165, 1.54) is 10.4 Å². The Hall–Kier alpha value is -2.11. The first-order chi connectivity index (χ1) is 14.0. The van der Waals surface area contributed by atoms with E-state index in [1.807, 2.05) is 20.8 Å². The molecule has 1 atom stereocenters. The molecule has 0 aliphatic carbocycles. The summed E-state index contributed by atoms with van der Waals surface area (Å²) in [4.78, 5) is 14.1. The van der Waals surface area contributed by atoms with Crippen LogP contribution in [0.3, 0.4) is 0 Å². The number of rotatable bonds is 6. The predicted octanol–water partition coefficient (Wildman–Crippen LogP) is 4.57. The summed E-state index contributed by atoms with van der Waals surface area (Å²) in [5.41, 5.74) is -0.463. The topological polar surface area (TPSA) is 38.5 Å². The van der Waals surface area contributed by atoms with Crippen LogP contribution >= 0.6 is 0 Å². The van der Waals surface area contributed by atoms with Gasteiger partial charge in [0.1, 0.15) is 5.60 Å². The third kappa shape index (κ3) is 4.95. The number of nitrogens with zero attached hydrogens (tertiary/aromatic N) is 1. The number of carbonyl (C=O) groups excluding carboxylic acids is 1. The quantitative estimate of drug-likeness (QED) is 0.503. The summed E-state index contributed by atoms with van der Waals surface area (Å²) in [5, 5.41) is 2.52. The normalized spacial score (nSPS) is 17.0. The van der Waals surface area contributed by atoms with E-state index in [0.717, 1.165) is 13.0 Å². The van der Waals surface area contributed by atoms with Crippen molar-refractivity contribution in [1.29, 1.82) is 0 Å². The van der Waals surface area contributed by atoms with Gasteiger partial charge in [-0.05, 0) is 42.6 Å². The van der Waals surface area contributed by atoms with Crippen LogP contribution in [0.25, 0.3) is 0 Å². The summed E-state index contributed by atoms with van der Waals surface area (Å²) in [6, 6.07) is 21.5. The molecule has 0 saturated carbocycles. The molecule has 0 N–H and O–H groups in total. The first-order valence-corrected chi connectivity index (χ1v) is 12.7. The van der Waals surface area contributed by atoms with Crippen molar-refractivity contribution < 1.29 is 14.0 Å². The minimum absolute atomic E-state index is 0.0376. The Morgan fingerprint density at radius 3 is 1.87 bits per heavy atom. The van der Waals surface area contributed by atoms with Crippen LogP contribution in [0.2, 0.25) is 5.04 Å². The molecule has 30 heavy (non-hydrogen) atoms. The van der Waals surface area contributed by atoms with Crippen molar-refractivity contribution in [2.24, 2.45) is 0 Å². The molecule has 1 amide bonds. The SMILES string of the molecule is CC(C)(C)OC(=O)N1C[C@@H]1CCO[Si](c1ccccc1)(c1ccccc1)C(C)(C)C. The Morgan fingerprint density at radius 2 is 1.43 bits per heavy atom. The molecule has 0 unspecified atom stereocenters. The fourth-order valence-corrected chi connectivity index (χ4v) is 8.66. The number of ether oxygens (including phenoxy) is 1. The highest BCUT2D eigenvalue weighted by atomic mass is 28.4. The maximum atomic E-state index is 12.3. The highest BCUT2D eigenvalue weighted by Crippen LogP contribution is 2.37. The Balaban J connectivity index is 1.77. The summed E-state index contributed by atoms with van der Waals surface area (Å²) < 4.78 is 12.4. The maximum Gasteiger partial charge on any atom is 0.410 e. The number of benzene rings is 2. The fourth-order valence-electron chi connectivity index (χ4n) is 4.08. The molecule has 2 aromatic carbocycles. The Bertz CT molecular complexity index is 801. The van der Waals surface area contributed by atoms with Crippen molar-refractivity contribution in [3.8, 4) is 0 Å². The van der Waals surface area contributed by atoms with Crippen LogP contribution in [0.1, 0.15) is 48.0 Å². The third-order valence-corrected chi connectivity index (χ3v) is 10.6. The minimum Gasteiger partial charge on any atom is -0.444 e. The fraction of sp³-hybridized carbons (Fsp3) is 0.480. The zero-order valence-corrected chi connectivity index (χ0v) is 20.1. The van der Waals surface area contributed by atoms with E-state index in [2.05, 4.69) is 81.4 Å². The summed E-state index contributed by atoms with van der Waals surface area (Å²) >= 11 is 0. The van der Waals surface area contributed by atoms with Gasteiger partial charge in [0.2, 0.25) is 0 Å². The molecule has 1 fully saturated rings. The average Bonchev–Trinajstić information content (AvgIpc) is 3.44. The van der Waals surface area contributed by atoms with Crippen LogP contribution < -0.4 is 10.4 Å². The molecule has 2 aromatic rings. The lowest BCUT2D eigenvalue weighted by atomic mass is 10.2. The molecule has 0 radical (unpaired) electrons. The van der Waals surface area contributed by atoms with Crippen LogP contribution in [0.4, 0.5) is 4.79 Å². The summed E-state index contributed by atoms with van der Waals surface area (Å²) in [7, 11) is -2.51. The van der Waals surface area contributed by atoms with Crippen LogP contribution in [0.5, 0.6) is 0 Å². The number of carbonyl (C=O) groups is 1. The zero-order valence-electron chi connectivity index (χ0n) is 19.1. The van der Waals surface area contributed by atoms with E-state index < -0.39 is 13.9 Å². The highest BCUT2D eigenvalue weighted by molar-refractivity contribution is 6.99. The van der Waals surface area contributed by atoms with Crippen molar-refractivity contribution in [3.63, 3.8) is 0 Å². The lowest BCUT2D eigenvalue weighted by Crippen LogP contribution is -2.66. The van der Waals surface area contributed by atoms with Gasteiger partial charge in [0.15, 0.2) is 0 Å². The van der Waals surface area contributed by atoms with E-state index in [0.29, 0.717) is 6.61 Å². The summed E-state index contributed by atoms with van der Waals surface area (Å²) in [5.74, 6) is 0. The lowest BCUT2D eigenvalue weighted by Gasteiger charge is -2.43. The Morgan fingerprint density at radius 1 is 0.933 bits per heavy atom. The Labute approximate surface area is 182 Å². The monoisotopic (exact) mass is 425 g/mol. The second-order valence-corrected chi connectivity index (χ2v) is 14.4. The highest BCUT2D eigenvalue weighted by Gasteiger charge is 2.50. The van der Waals surface area contributed by atoms with Gasteiger partial charge in [0.05, 0.1) is 6.04 Å². The molecular weight excluding hydrogens is 390 g/mol. The van der Waals surface area contributed by atoms with Crippen molar-refractivity contribution in [3.05, 3.63) is 60.7 Å². The molecule has 1 aliphatic heterocycles. The van der Waals surface area contributed by atoms with Gasteiger partial charge >= 0.3 is 6.09 Å². The van der Waals surface area contributed by atoms with Gasteiger partial charge in [-0.2, -0.15) is 0 Å². The second kappa shape index (κ2) is 8.56. The van der Waals surface area contributed by atoms with Crippen molar-refractivity contribution in [1.82, 2.24) is 4.90 Å². The van der Waals surface area contributed by atoms with E-state index in [1.54, 1.807) is 4.90 Å². The van der Waals surface area contributed by atoms with Gasteiger partial charge in [-0.15, -0.1) is 0 Å². The maximum absolute atomic E-state index is 12.3. The van der Waals surface area contributed by atoms with E-state index in [4.69, 9.17) is 9.16 Å². The second-order valence-electron chi connectivity index (χ2n) is 10.1. The van der Waals surface area contributed by atoms with Gasteiger partial charge in [-0.3, -0.25) is 0 Å². The van der Waals surface area contributed by atoms with Crippen LogP contribution in [-0.4, -0.2) is 44.1 Å². The van der Waals surface area contributed by atoms with Gasteiger partial charge < -0.3 is 14.1 Å². The van der Waals surface area contributed by atoms with Crippen molar-refractivity contribution in [2.75, 3.05) is 13.2 Å². The minimum atomic E-state index is -2.51. The molecule has 1 saturated heterocycles. The van der Waals surface area contributed by atoms with Crippen LogP contribution in [-0.2, 0) is 9.16 Å². The van der Waals surface area contributed by atoms with E-state index in [9.17, 15) is 4.79 Å². The van der Waals surface area contributed by atoms with Gasteiger partial charge in [-0.25, -0.2) is 4.79 Å². The molecule has 1 heterocycles. The zero-order chi connectivity index (χ0) is 22.0. The smallest absolute Gasteiger partial charge is 0.410 e. The van der Waals surface area contributed by atoms with Gasteiger partial charge in [-0.1, -0.05) is 81.4 Å². The van der Waals surface area contributed by atoms with E-state index >= 15 is 0 Å². The molecular formula is C25H35NO3Si. The van der Waals surface area contributed by atoms with Gasteiger partial charge in [0.25, 0.3) is 8.32 Å². The predicted molar refractivity (Wildman–Crippen MR) is 125 cm³/mol. The molecule has 162 valence electrons. The van der Waals surface area contributed by atoms with Crippen molar-refractivity contribution in [2.45, 2.75) is 64.6 Å². The molecule has 3 rings (SSSR count). The molecule has 0 bridgehead atoms. The summed E-state index contributed by atoms with van der Waals surface area (Å²) in [6.45, 7) is 13.9. The third-order valence-electron chi connectivity index (χ3n) is 5.53. The first-order valence-electron chi connectivity index (χ1n) is 10.8. The largest absolute Gasteiger partial charge is 0.444 e. The first kappa shape index (κ1) is 22.6. The molecule has 1 aliphatic rings. The average molecular weight is 426 g/mol. The molecule has 5 heteroatoms. The molecule has 0 aromatic heterocycles. The number of amides is 1. The van der Waals surface area contributed by atoms with Crippen LogP contribution in [0, 0.1) is 0 Å². The molecule has 4 nitrogen and oxygen atoms in total.